The molecule has 1 aliphatic heterocycles. The zero-order valence-corrected chi connectivity index (χ0v) is 17.2. The highest BCUT2D eigenvalue weighted by Gasteiger charge is 2.35. The number of imide groups is 2. The lowest BCUT2D eigenvalue weighted by atomic mass is 10.1. The van der Waals surface area contributed by atoms with Gasteiger partial charge in [0.1, 0.15) is 0 Å². The van der Waals surface area contributed by atoms with Gasteiger partial charge in [0.25, 0.3) is 11.8 Å². The summed E-state index contributed by atoms with van der Waals surface area (Å²) >= 11 is 3.29. The fraction of sp³-hybridized carbons (Fsp3) is 0.200. The monoisotopic (exact) mass is 458 g/mol. The molecule has 150 valence electrons. The quantitative estimate of drug-likeness (QED) is 0.406. The maximum atomic E-state index is 12.4. The van der Waals surface area contributed by atoms with Crippen LogP contribution in [-0.4, -0.2) is 41.7 Å². The number of hydrogen-bond donors (Lipinski definition) is 2. The number of carbonyl (C=O) groups is 4. The molecule has 3 rings (SSSR count). The van der Waals surface area contributed by atoms with Gasteiger partial charge in [0.05, 0.1) is 16.8 Å². The van der Waals surface area contributed by atoms with E-state index < -0.39 is 11.9 Å². The maximum absolute atomic E-state index is 12.4. The smallest absolute Gasteiger partial charge is 0.328 e. The Balaban J connectivity index is 1.57. The predicted molar refractivity (Wildman–Crippen MR) is 112 cm³/mol. The first kappa shape index (κ1) is 20.5. The number of rotatable bonds is 5. The van der Waals surface area contributed by atoms with Crippen LogP contribution in [0.1, 0.15) is 34.1 Å². The molecule has 5 amide bonds. The second-order valence-electron chi connectivity index (χ2n) is 6.49. The van der Waals surface area contributed by atoms with Gasteiger partial charge in [0.2, 0.25) is 5.91 Å². The number of fused-ring (bicyclic) bond motifs is 1. The van der Waals surface area contributed by atoms with Crippen LogP contribution in [-0.2, 0) is 4.79 Å². The molecular formula is C20H19BrN4O4. The second kappa shape index (κ2) is 8.44. The number of carbonyl (C=O) groups excluding carboxylic acids is 4. The van der Waals surface area contributed by atoms with Crippen LogP contribution in [0.5, 0.6) is 0 Å². The van der Waals surface area contributed by atoms with Crippen LogP contribution in [0.15, 0.2) is 46.9 Å². The molecule has 0 spiro atoms. The number of nitrogens with two attached hydrogens (primary N) is 1. The van der Waals surface area contributed by atoms with E-state index >= 15 is 0 Å². The van der Waals surface area contributed by atoms with Gasteiger partial charge in [-0.25, -0.2) is 9.69 Å². The average molecular weight is 459 g/mol. The molecule has 0 saturated carbocycles. The normalized spacial score (nSPS) is 12.7. The number of halogens is 1. The van der Waals surface area contributed by atoms with Crippen molar-refractivity contribution < 1.29 is 19.2 Å². The minimum absolute atomic E-state index is 0.155. The van der Waals surface area contributed by atoms with Crippen molar-refractivity contribution in [3.05, 3.63) is 58.1 Å². The fourth-order valence-electron chi connectivity index (χ4n) is 3.08. The van der Waals surface area contributed by atoms with E-state index in [1.165, 1.54) is 13.0 Å². The van der Waals surface area contributed by atoms with Gasteiger partial charge in [-0.2, -0.15) is 0 Å². The Morgan fingerprint density at radius 3 is 2.52 bits per heavy atom. The van der Waals surface area contributed by atoms with E-state index in [0.717, 1.165) is 14.3 Å². The predicted octanol–water partition coefficient (Wildman–Crippen LogP) is 2.78. The van der Waals surface area contributed by atoms with Crippen LogP contribution in [0.25, 0.3) is 0 Å². The van der Waals surface area contributed by atoms with Crippen LogP contribution in [0.2, 0.25) is 0 Å². The molecule has 0 saturated heterocycles. The molecule has 8 nitrogen and oxygen atoms in total. The van der Waals surface area contributed by atoms with Crippen LogP contribution >= 0.6 is 15.9 Å². The third-order valence-electron chi connectivity index (χ3n) is 4.41. The number of nitrogen functional groups attached to an aromatic ring is 1. The molecule has 9 heteroatoms. The maximum Gasteiger partial charge on any atom is 0.328 e. The van der Waals surface area contributed by atoms with Gasteiger partial charge in [0, 0.05) is 30.2 Å². The van der Waals surface area contributed by atoms with Gasteiger partial charge >= 0.3 is 6.03 Å². The molecule has 0 unspecified atom stereocenters. The fourth-order valence-corrected chi connectivity index (χ4v) is 3.44. The van der Waals surface area contributed by atoms with Gasteiger partial charge < -0.3 is 11.1 Å². The van der Waals surface area contributed by atoms with Crippen molar-refractivity contribution in [1.29, 1.82) is 0 Å². The number of benzene rings is 2. The first-order valence-electron chi connectivity index (χ1n) is 8.89. The lowest BCUT2D eigenvalue weighted by Gasteiger charge is -2.20. The molecule has 1 heterocycles. The van der Waals surface area contributed by atoms with E-state index in [4.69, 9.17) is 5.73 Å². The summed E-state index contributed by atoms with van der Waals surface area (Å²) in [7, 11) is 0. The van der Waals surface area contributed by atoms with Gasteiger partial charge in [-0.05, 0) is 42.8 Å². The lowest BCUT2D eigenvalue weighted by molar-refractivity contribution is -0.115. The Morgan fingerprint density at radius 1 is 1.10 bits per heavy atom. The molecule has 3 N–H and O–H groups in total. The van der Waals surface area contributed by atoms with Crippen molar-refractivity contribution in [2.75, 3.05) is 23.7 Å². The first-order valence-corrected chi connectivity index (χ1v) is 9.68. The third kappa shape index (κ3) is 4.29. The Labute approximate surface area is 175 Å². The number of nitrogens with one attached hydrogen (secondary N) is 1. The number of urea groups is 1. The van der Waals surface area contributed by atoms with Gasteiger partial charge in [0.15, 0.2) is 0 Å². The average Bonchev–Trinajstić information content (AvgIpc) is 2.89. The Morgan fingerprint density at radius 2 is 1.83 bits per heavy atom. The van der Waals surface area contributed by atoms with Gasteiger partial charge in [-0.3, -0.25) is 19.3 Å². The summed E-state index contributed by atoms with van der Waals surface area (Å²) < 4.78 is 0.720. The highest BCUT2D eigenvalue weighted by molar-refractivity contribution is 9.10. The Kier molecular flexibility index (Phi) is 5.97. The molecule has 0 aliphatic carbocycles. The zero-order valence-electron chi connectivity index (χ0n) is 15.6. The molecular weight excluding hydrogens is 440 g/mol. The zero-order chi connectivity index (χ0) is 21.1. The molecule has 0 fully saturated rings. The molecule has 0 bridgehead atoms. The summed E-state index contributed by atoms with van der Waals surface area (Å²) in [4.78, 5) is 51.3. The Bertz CT molecular complexity index is 1010. The van der Waals surface area contributed by atoms with Crippen molar-refractivity contribution >= 4 is 51.1 Å². The van der Waals surface area contributed by atoms with E-state index in [9.17, 15) is 19.2 Å². The summed E-state index contributed by atoms with van der Waals surface area (Å²) in [6.45, 7) is 1.62. The summed E-state index contributed by atoms with van der Waals surface area (Å²) in [5, 5.41) is 2.63. The minimum atomic E-state index is -0.602. The van der Waals surface area contributed by atoms with E-state index in [0.29, 0.717) is 28.9 Å². The van der Waals surface area contributed by atoms with Crippen LogP contribution in [0.3, 0.4) is 0 Å². The van der Waals surface area contributed by atoms with Crippen molar-refractivity contribution in [3.63, 3.8) is 0 Å². The van der Waals surface area contributed by atoms with Crippen molar-refractivity contribution in [2.45, 2.75) is 13.3 Å². The molecule has 2 aromatic carbocycles. The summed E-state index contributed by atoms with van der Waals surface area (Å²) in [5.74, 6) is -1.17. The van der Waals surface area contributed by atoms with E-state index in [-0.39, 0.29) is 24.9 Å². The summed E-state index contributed by atoms with van der Waals surface area (Å²) in [5.41, 5.74) is 7.24. The van der Waals surface area contributed by atoms with Crippen molar-refractivity contribution in [3.8, 4) is 0 Å². The molecule has 2 aromatic rings. The second-order valence-corrected chi connectivity index (χ2v) is 7.40. The third-order valence-corrected chi connectivity index (χ3v) is 4.91. The van der Waals surface area contributed by atoms with Crippen molar-refractivity contribution in [2.24, 2.45) is 0 Å². The highest BCUT2D eigenvalue weighted by atomic mass is 79.9. The Hall–Kier alpha value is -3.20. The first-order chi connectivity index (χ1) is 13.8. The van der Waals surface area contributed by atoms with E-state index in [2.05, 4.69) is 21.2 Å². The van der Waals surface area contributed by atoms with Crippen molar-refractivity contribution in [1.82, 2.24) is 10.2 Å². The lowest BCUT2D eigenvalue weighted by Crippen LogP contribution is -2.44. The van der Waals surface area contributed by atoms with E-state index in [1.54, 1.807) is 36.4 Å². The standard InChI is InChI=1S/C20H19BrN4O4/c1-12(26)25(15-5-2-4-14(22)11-15)20(29)23-8-3-9-24-18(27)16-7-6-13(21)10-17(16)19(24)28/h2,4-7,10-11H,3,8-9,22H2,1H3,(H,23,29). The summed E-state index contributed by atoms with van der Waals surface area (Å²) in [6, 6.07) is 10.8. The van der Waals surface area contributed by atoms with Crippen LogP contribution < -0.4 is 16.0 Å². The number of hydrogen-bond acceptors (Lipinski definition) is 5. The highest BCUT2D eigenvalue weighted by Crippen LogP contribution is 2.26. The molecule has 29 heavy (non-hydrogen) atoms. The largest absolute Gasteiger partial charge is 0.399 e. The molecule has 1 aliphatic rings. The SMILES string of the molecule is CC(=O)N(C(=O)NCCCN1C(=O)c2ccc(Br)cc2C1=O)c1cccc(N)c1. The molecule has 0 atom stereocenters. The van der Waals surface area contributed by atoms with E-state index in [1.807, 2.05) is 0 Å². The molecule has 0 radical (unpaired) electrons. The number of amides is 5. The van der Waals surface area contributed by atoms with Gasteiger partial charge in [-0.15, -0.1) is 0 Å². The van der Waals surface area contributed by atoms with Crippen LogP contribution in [0.4, 0.5) is 16.2 Å². The molecule has 0 aromatic heterocycles. The minimum Gasteiger partial charge on any atom is -0.399 e. The topological polar surface area (TPSA) is 113 Å². The van der Waals surface area contributed by atoms with Gasteiger partial charge in [-0.1, -0.05) is 22.0 Å². The number of anilines is 2. The van der Waals surface area contributed by atoms with Crippen LogP contribution in [0, 0.1) is 0 Å². The number of nitrogens with zero attached hydrogens (tertiary/aromatic N) is 2. The summed E-state index contributed by atoms with van der Waals surface area (Å²) in [6.07, 6.45) is 0.348.